The molecule has 0 saturated heterocycles. The molecule has 0 aliphatic carbocycles. The fraction of sp³-hybridized carbons (Fsp3) is 0.818. The minimum absolute atomic E-state index is 0.0194. The van der Waals surface area contributed by atoms with Gasteiger partial charge in [0.15, 0.2) is 0 Å². The van der Waals surface area contributed by atoms with Crippen molar-refractivity contribution in [2.75, 3.05) is 6.67 Å². The Kier molecular flexibility index (Phi) is 5.97. The van der Waals surface area contributed by atoms with Crippen molar-refractivity contribution in [3.8, 4) is 0 Å². The number of hydrogen-bond acceptors (Lipinski definition) is 2. The summed E-state index contributed by atoms with van der Waals surface area (Å²) < 4.78 is 0. The average Bonchev–Trinajstić information content (AvgIpc) is 2.15. The third kappa shape index (κ3) is 5.40. The van der Waals surface area contributed by atoms with Crippen molar-refractivity contribution in [2.24, 2.45) is 17.8 Å². The van der Waals surface area contributed by atoms with Gasteiger partial charge in [0, 0.05) is 11.8 Å². The lowest BCUT2D eigenvalue weighted by Crippen LogP contribution is -2.41. The third-order valence-corrected chi connectivity index (χ3v) is 2.46. The lowest BCUT2D eigenvalue weighted by atomic mass is 9.97. The minimum atomic E-state index is -0.0515. The number of carbonyl (C=O) groups is 2. The molecular weight excluding hydrogens is 192 g/mol. The predicted octanol–water partition coefficient (Wildman–Crippen LogP) is 1.12. The first kappa shape index (κ1) is 13.9. The van der Waals surface area contributed by atoms with Crippen LogP contribution in [0.25, 0.3) is 0 Å². The van der Waals surface area contributed by atoms with Crippen LogP contribution in [0.2, 0.25) is 0 Å². The summed E-state index contributed by atoms with van der Waals surface area (Å²) in [5.74, 6) is 0.165. The van der Waals surface area contributed by atoms with Crippen molar-refractivity contribution in [3.05, 3.63) is 0 Å². The van der Waals surface area contributed by atoms with Gasteiger partial charge in [-0.15, -0.1) is 0 Å². The summed E-state index contributed by atoms with van der Waals surface area (Å²) in [6.45, 7) is 9.72. The van der Waals surface area contributed by atoms with Crippen molar-refractivity contribution < 1.29 is 9.59 Å². The van der Waals surface area contributed by atoms with Gasteiger partial charge < -0.3 is 10.6 Å². The van der Waals surface area contributed by atoms with Crippen LogP contribution in [-0.2, 0) is 9.59 Å². The van der Waals surface area contributed by atoms with E-state index in [1.54, 1.807) is 0 Å². The number of nitrogens with one attached hydrogen (secondary N) is 2. The Bertz CT molecular complexity index is 225. The molecule has 0 aliphatic heterocycles. The molecule has 4 heteroatoms. The monoisotopic (exact) mass is 214 g/mol. The van der Waals surface area contributed by atoms with E-state index in [-0.39, 0.29) is 30.3 Å². The van der Waals surface area contributed by atoms with Crippen LogP contribution in [0.1, 0.15) is 34.6 Å². The first-order valence-corrected chi connectivity index (χ1v) is 5.41. The van der Waals surface area contributed by atoms with Crippen LogP contribution in [0.4, 0.5) is 0 Å². The average molecular weight is 214 g/mol. The third-order valence-electron chi connectivity index (χ3n) is 2.46. The molecule has 0 rings (SSSR count). The molecule has 15 heavy (non-hydrogen) atoms. The summed E-state index contributed by atoms with van der Waals surface area (Å²) in [6.07, 6.45) is 0. The Morgan fingerprint density at radius 3 is 1.80 bits per heavy atom. The topological polar surface area (TPSA) is 58.2 Å². The molecule has 2 N–H and O–H groups in total. The lowest BCUT2D eigenvalue weighted by molar-refractivity contribution is -0.126. The van der Waals surface area contributed by atoms with Crippen LogP contribution in [0.15, 0.2) is 0 Å². The lowest BCUT2D eigenvalue weighted by Gasteiger charge is -2.16. The Labute approximate surface area is 91.8 Å². The Balaban J connectivity index is 3.78. The zero-order chi connectivity index (χ0) is 12.0. The molecule has 0 aromatic carbocycles. The minimum Gasteiger partial charge on any atom is -0.338 e. The SMILES string of the molecule is CC(C)C(=O)NCNC(=O)C(C)C(C)C. The largest absolute Gasteiger partial charge is 0.338 e. The number of amides is 2. The summed E-state index contributed by atoms with van der Waals surface area (Å²) in [4.78, 5) is 22.6. The van der Waals surface area contributed by atoms with Crippen molar-refractivity contribution >= 4 is 11.8 Å². The van der Waals surface area contributed by atoms with Crippen LogP contribution in [0, 0.1) is 17.8 Å². The predicted molar refractivity (Wildman–Crippen MR) is 60.0 cm³/mol. The highest BCUT2D eigenvalue weighted by molar-refractivity contribution is 5.80. The van der Waals surface area contributed by atoms with Gasteiger partial charge in [-0.2, -0.15) is 0 Å². The normalized spacial score (nSPS) is 12.7. The van der Waals surface area contributed by atoms with E-state index in [4.69, 9.17) is 0 Å². The fourth-order valence-corrected chi connectivity index (χ4v) is 0.886. The quantitative estimate of drug-likeness (QED) is 0.674. The van der Waals surface area contributed by atoms with Gasteiger partial charge in [-0.25, -0.2) is 0 Å². The molecule has 0 aliphatic rings. The molecule has 0 spiro atoms. The van der Waals surface area contributed by atoms with Crippen molar-refractivity contribution in [1.82, 2.24) is 10.6 Å². The molecule has 4 nitrogen and oxygen atoms in total. The van der Waals surface area contributed by atoms with Gasteiger partial charge in [0.1, 0.15) is 0 Å². The number of rotatable bonds is 5. The van der Waals surface area contributed by atoms with Crippen LogP contribution in [0.5, 0.6) is 0 Å². The molecule has 2 amide bonds. The second kappa shape index (κ2) is 6.43. The maximum Gasteiger partial charge on any atom is 0.224 e. The first-order chi connectivity index (χ1) is 6.86. The van der Waals surface area contributed by atoms with E-state index in [1.165, 1.54) is 0 Å². The molecule has 0 aromatic heterocycles. The van der Waals surface area contributed by atoms with Crippen LogP contribution < -0.4 is 10.6 Å². The molecule has 0 saturated carbocycles. The Morgan fingerprint density at radius 1 is 0.933 bits per heavy atom. The highest BCUT2D eigenvalue weighted by Gasteiger charge is 2.16. The standard InChI is InChI=1S/C11H22N2O2/c1-7(2)9(5)11(15)13-6-12-10(14)8(3)4/h7-9H,6H2,1-5H3,(H,12,14)(H,13,15). The van der Waals surface area contributed by atoms with Crippen LogP contribution in [-0.4, -0.2) is 18.5 Å². The van der Waals surface area contributed by atoms with Gasteiger partial charge in [0.05, 0.1) is 6.67 Å². The summed E-state index contributed by atoms with van der Waals surface area (Å²) in [7, 11) is 0. The van der Waals surface area contributed by atoms with Gasteiger partial charge in [0.25, 0.3) is 0 Å². The van der Waals surface area contributed by atoms with Crippen LogP contribution in [0.3, 0.4) is 0 Å². The number of carbonyl (C=O) groups excluding carboxylic acids is 2. The molecule has 0 fully saturated rings. The Morgan fingerprint density at radius 2 is 1.40 bits per heavy atom. The highest BCUT2D eigenvalue weighted by atomic mass is 16.2. The van der Waals surface area contributed by atoms with Crippen molar-refractivity contribution in [1.29, 1.82) is 0 Å². The number of hydrogen-bond donors (Lipinski definition) is 2. The molecule has 0 radical (unpaired) electrons. The van der Waals surface area contributed by atoms with Gasteiger partial charge in [0.2, 0.25) is 11.8 Å². The summed E-state index contributed by atoms with van der Waals surface area (Å²) >= 11 is 0. The maximum atomic E-state index is 11.5. The molecule has 0 bridgehead atoms. The second-order valence-electron chi connectivity index (χ2n) is 4.45. The summed E-state index contributed by atoms with van der Waals surface area (Å²) in [6, 6.07) is 0. The molecule has 0 aromatic rings. The van der Waals surface area contributed by atoms with E-state index in [1.807, 2.05) is 34.6 Å². The van der Waals surface area contributed by atoms with Gasteiger partial charge >= 0.3 is 0 Å². The Hall–Kier alpha value is -1.06. The fourth-order valence-electron chi connectivity index (χ4n) is 0.886. The van der Waals surface area contributed by atoms with Crippen molar-refractivity contribution in [2.45, 2.75) is 34.6 Å². The summed E-state index contributed by atoms with van der Waals surface area (Å²) in [5.41, 5.74) is 0. The van der Waals surface area contributed by atoms with Gasteiger partial charge in [-0.3, -0.25) is 9.59 Å². The molecule has 1 unspecified atom stereocenters. The van der Waals surface area contributed by atoms with Crippen LogP contribution >= 0.6 is 0 Å². The van der Waals surface area contributed by atoms with E-state index in [9.17, 15) is 9.59 Å². The van der Waals surface area contributed by atoms with E-state index in [0.29, 0.717) is 5.92 Å². The zero-order valence-electron chi connectivity index (χ0n) is 10.3. The van der Waals surface area contributed by atoms with E-state index >= 15 is 0 Å². The van der Waals surface area contributed by atoms with E-state index < -0.39 is 0 Å². The highest BCUT2D eigenvalue weighted by Crippen LogP contribution is 2.08. The van der Waals surface area contributed by atoms with Gasteiger partial charge in [-0.05, 0) is 5.92 Å². The van der Waals surface area contributed by atoms with E-state index in [0.717, 1.165) is 0 Å². The maximum absolute atomic E-state index is 11.5. The van der Waals surface area contributed by atoms with Gasteiger partial charge in [-0.1, -0.05) is 34.6 Å². The first-order valence-electron chi connectivity index (χ1n) is 5.41. The zero-order valence-corrected chi connectivity index (χ0v) is 10.3. The molecular formula is C11H22N2O2. The second-order valence-corrected chi connectivity index (χ2v) is 4.45. The molecule has 88 valence electrons. The van der Waals surface area contributed by atoms with E-state index in [2.05, 4.69) is 10.6 Å². The smallest absolute Gasteiger partial charge is 0.224 e. The molecule has 0 heterocycles. The molecule has 1 atom stereocenters. The summed E-state index contributed by atoms with van der Waals surface area (Å²) in [5, 5.41) is 5.31. The van der Waals surface area contributed by atoms with Crippen molar-refractivity contribution in [3.63, 3.8) is 0 Å².